The van der Waals surface area contributed by atoms with E-state index < -0.39 is 8.32 Å². The Morgan fingerprint density at radius 1 is 1.38 bits per heavy atom. The van der Waals surface area contributed by atoms with E-state index >= 15 is 0 Å². The molecule has 94 valence electrons. The number of allylic oxidation sites excluding steroid dienone is 1. The number of aliphatic hydroxyl groups is 1. The van der Waals surface area contributed by atoms with Crippen LogP contribution in [0, 0.1) is 5.92 Å². The molecule has 0 saturated carbocycles. The van der Waals surface area contributed by atoms with Crippen molar-refractivity contribution in [2.75, 3.05) is 6.61 Å². The minimum atomic E-state index is -1.70. The number of hydrogen-bond acceptors (Lipinski definition) is 2. The standard InChI is InChI=1S/C13H26O2Si/c1-13(2,3)16(4,5)15-12-9-7-6-8-11(12)10-14/h6,8,11-12,14H,7,9-10H2,1-5H3/t11-,12-/m1/s1. The molecule has 1 N–H and O–H groups in total. The number of rotatable bonds is 3. The van der Waals surface area contributed by atoms with Gasteiger partial charge < -0.3 is 9.53 Å². The maximum absolute atomic E-state index is 9.35. The highest BCUT2D eigenvalue weighted by Crippen LogP contribution is 2.39. The molecule has 0 radical (unpaired) electrons. The van der Waals surface area contributed by atoms with E-state index in [2.05, 4.69) is 46.0 Å². The summed E-state index contributed by atoms with van der Waals surface area (Å²) in [6, 6.07) is 0. The summed E-state index contributed by atoms with van der Waals surface area (Å²) >= 11 is 0. The van der Waals surface area contributed by atoms with Crippen LogP contribution in [0.2, 0.25) is 18.1 Å². The van der Waals surface area contributed by atoms with Crippen molar-refractivity contribution in [2.45, 2.75) is 57.8 Å². The van der Waals surface area contributed by atoms with Crippen LogP contribution in [0.5, 0.6) is 0 Å². The second kappa shape index (κ2) is 5.03. The lowest BCUT2D eigenvalue weighted by Crippen LogP contribution is -2.46. The van der Waals surface area contributed by atoms with Gasteiger partial charge >= 0.3 is 0 Å². The second-order valence-corrected chi connectivity index (χ2v) is 11.0. The van der Waals surface area contributed by atoms with E-state index in [0.29, 0.717) is 0 Å². The van der Waals surface area contributed by atoms with Crippen molar-refractivity contribution in [3.05, 3.63) is 12.2 Å². The molecule has 1 aliphatic carbocycles. The van der Waals surface area contributed by atoms with Crippen LogP contribution in [0.4, 0.5) is 0 Å². The zero-order chi connectivity index (χ0) is 12.4. The summed E-state index contributed by atoms with van der Waals surface area (Å²) in [7, 11) is -1.70. The summed E-state index contributed by atoms with van der Waals surface area (Å²) in [4.78, 5) is 0. The van der Waals surface area contributed by atoms with E-state index in [9.17, 15) is 5.11 Å². The topological polar surface area (TPSA) is 29.5 Å². The van der Waals surface area contributed by atoms with E-state index in [1.54, 1.807) is 0 Å². The Balaban J connectivity index is 2.69. The van der Waals surface area contributed by atoms with Crippen LogP contribution in [-0.2, 0) is 4.43 Å². The molecule has 3 heteroatoms. The molecule has 1 aliphatic rings. The first kappa shape index (κ1) is 13.9. The Kier molecular flexibility index (Phi) is 4.38. The van der Waals surface area contributed by atoms with Crippen molar-refractivity contribution < 1.29 is 9.53 Å². The molecule has 2 nitrogen and oxygen atoms in total. The Morgan fingerprint density at radius 2 is 2.00 bits per heavy atom. The van der Waals surface area contributed by atoms with Crippen LogP contribution in [0.25, 0.3) is 0 Å². The normalized spacial score (nSPS) is 27.1. The van der Waals surface area contributed by atoms with Gasteiger partial charge in [-0.05, 0) is 31.0 Å². The van der Waals surface area contributed by atoms with Gasteiger partial charge in [-0.3, -0.25) is 0 Å². The Morgan fingerprint density at radius 3 is 2.50 bits per heavy atom. The highest BCUT2D eigenvalue weighted by atomic mass is 28.4. The van der Waals surface area contributed by atoms with Gasteiger partial charge in [-0.25, -0.2) is 0 Å². The van der Waals surface area contributed by atoms with Crippen molar-refractivity contribution in [1.82, 2.24) is 0 Å². The summed E-state index contributed by atoms with van der Waals surface area (Å²) in [5.41, 5.74) is 0. The lowest BCUT2D eigenvalue weighted by molar-refractivity contribution is 0.0884. The first-order chi connectivity index (χ1) is 7.28. The lowest BCUT2D eigenvalue weighted by Gasteiger charge is -2.41. The smallest absolute Gasteiger partial charge is 0.192 e. The molecule has 0 unspecified atom stereocenters. The highest BCUT2D eigenvalue weighted by molar-refractivity contribution is 6.74. The Bertz CT molecular complexity index is 253. The fraction of sp³-hybridized carbons (Fsp3) is 0.846. The number of hydrogen-bond donors (Lipinski definition) is 1. The van der Waals surface area contributed by atoms with E-state index in [0.717, 1.165) is 12.8 Å². The summed E-state index contributed by atoms with van der Waals surface area (Å²) in [6.07, 6.45) is 6.62. The molecule has 1 rings (SSSR count). The Labute approximate surface area is 101 Å². The van der Waals surface area contributed by atoms with Crippen LogP contribution >= 0.6 is 0 Å². The molecule has 0 spiro atoms. The molecule has 0 aromatic rings. The third kappa shape index (κ3) is 3.19. The van der Waals surface area contributed by atoms with Crippen molar-refractivity contribution in [1.29, 1.82) is 0 Å². The molecular weight excluding hydrogens is 216 g/mol. The molecule has 0 bridgehead atoms. The molecule has 0 amide bonds. The van der Waals surface area contributed by atoms with Crippen LogP contribution in [0.15, 0.2) is 12.2 Å². The van der Waals surface area contributed by atoms with E-state index in [-0.39, 0.29) is 23.7 Å². The van der Waals surface area contributed by atoms with Crippen LogP contribution in [0.3, 0.4) is 0 Å². The molecule has 0 aliphatic heterocycles. The van der Waals surface area contributed by atoms with Crippen LogP contribution < -0.4 is 0 Å². The summed E-state index contributed by atoms with van der Waals surface area (Å²) in [5, 5.41) is 9.59. The van der Waals surface area contributed by atoms with Gasteiger partial charge in [0, 0.05) is 5.92 Å². The van der Waals surface area contributed by atoms with Crippen molar-refractivity contribution in [2.24, 2.45) is 5.92 Å². The molecular formula is C13H26O2Si. The maximum atomic E-state index is 9.35. The first-order valence-corrected chi connectivity index (χ1v) is 9.14. The number of aliphatic hydroxyl groups excluding tert-OH is 1. The molecule has 2 atom stereocenters. The summed E-state index contributed by atoms with van der Waals surface area (Å²) < 4.78 is 6.37. The quantitative estimate of drug-likeness (QED) is 0.607. The minimum absolute atomic E-state index is 0.197. The molecule has 0 aromatic carbocycles. The lowest BCUT2D eigenvalue weighted by atomic mass is 9.94. The molecule has 0 aromatic heterocycles. The predicted octanol–water partition coefficient (Wildman–Crippen LogP) is 3.34. The molecule has 0 saturated heterocycles. The molecule has 0 heterocycles. The molecule has 16 heavy (non-hydrogen) atoms. The third-order valence-electron chi connectivity index (χ3n) is 3.94. The largest absolute Gasteiger partial charge is 0.413 e. The SMILES string of the molecule is CC(C)(C)[Si](C)(C)O[C@@H]1CCC=C[C@@H]1CO. The first-order valence-electron chi connectivity index (χ1n) is 6.23. The van der Waals surface area contributed by atoms with Crippen molar-refractivity contribution in [3.63, 3.8) is 0 Å². The van der Waals surface area contributed by atoms with Gasteiger partial charge in [0.15, 0.2) is 8.32 Å². The fourth-order valence-electron chi connectivity index (χ4n) is 1.75. The summed E-state index contributed by atoms with van der Waals surface area (Å²) in [6.45, 7) is 11.5. The van der Waals surface area contributed by atoms with Gasteiger partial charge in [-0.1, -0.05) is 32.9 Å². The highest BCUT2D eigenvalue weighted by Gasteiger charge is 2.40. The van der Waals surface area contributed by atoms with Crippen molar-refractivity contribution in [3.8, 4) is 0 Å². The zero-order valence-corrected chi connectivity index (χ0v) is 12.3. The van der Waals surface area contributed by atoms with Gasteiger partial charge in [0.25, 0.3) is 0 Å². The third-order valence-corrected chi connectivity index (χ3v) is 8.45. The fourth-order valence-corrected chi connectivity index (χ4v) is 3.15. The average Bonchev–Trinajstić information content (AvgIpc) is 2.16. The van der Waals surface area contributed by atoms with Crippen molar-refractivity contribution >= 4 is 8.32 Å². The average molecular weight is 242 g/mol. The van der Waals surface area contributed by atoms with Crippen LogP contribution in [0.1, 0.15) is 33.6 Å². The molecule has 0 fully saturated rings. The maximum Gasteiger partial charge on any atom is 0.192 e. The zero-order valence-electron chi connectivity index (χ0n) is 11.3. The second-order valence-electron chi connectivity index (χ2n) is 6.27. The predicted molar refractivity (Wildman–Crippen MR) is 71.0 cm³/mol. The van der Waals surface area contributed by atoms with E-state index in [1.807, 2.05) is 0 Å². The van der Waals surface area contributed by atoms with Gasteiger partial charge in [-0.2, -0.15) is 0 Å². The van der Waals surface area contributed by atoms with E-state index in [4.69, 9.17) is 4.43 Å². The van der Waals surface area contributed by atoms with Gasteiger partial charge in [0.1, 0.15) is 0 Å². The van der Waals surface area contributed by atoms with Gasteiger partial charge in [0.2, 0.25) is 0 Å². The van der Waals surface area contributed by atoms with Gasteiger partial charge in [0.05, 0.1) is 12.7 Å². The van der Waals surface area contributed by atoms with E-state index in [1.165, 1.54) is 0 Å². The van der Waals surface area contributed by atoms with Crippen LogP contribution in [-0.4, -0.2) is 26.1 Å². The monoisotopic (exact) mass is 242 g/mol. The minimum Gasteiger partial charge on any atom is -0.413 e. The Hall–Kier alpha value is -0.123. The van der Waals surface area contributed by atoms with Gasteiger partial charge in [-0.15, -0.1) is 0 Å². The summed E-state index contributed by atoms with van der Waals surface area (Å²) in [5.74, 6) is 0.197.